The lowest BCUT2D eigenvalue weighted by atomic mass is 10.0. The van der Waals surface area contributed by atoms with Gasteiger partial charge in [-0.1, -0.05) is 42.5 Å². The van der Waals surface area contributed by atoms with Crippen molar-refractivity contribution in [3.05, 3.63) is 71.3 Å². The van der Waals surface area contributed by atoms with Crippen LogP contribution in [0.2, 0.25) is 0 Å². The zero-order valence-corrected chi connectivity index (χ0v) is 17.0. The van der Waals surface area contributed by atoms with Gasteiger partial charge in [-0.3, -0.25) is 14.5 Å². The summed E-state index contributed by atoms with van der Waals surface area (Å²) in [6, 6.07) is 16.4. The first-order chi connectivity index (χ1) is 15.0. The van der Waals surface area contributed by atoms with Gasteiger partial charge in [-0.15, -0.1) is 0 Å². The Labute approximate surface area is 180 Å². The number of ether oxygens (including phenoxy) is 1. The first-order valence-electron chi connectivity index (χ1n) is 10.0. The third-order valence-corrected chi connectivity index (χ3v) is 5.15. The first kappa shape index (κ1) is 21.8. The predicted molar refractivity (Wildman–Crippen MR) is 112 cm³/mol. The second-order valence-electron chi connectivity index (χ2n) is 7.37. The summed E-state index contributed by atoms with van der Waals surface area (Å²) in [5, 5.41) is 11.7. The molecular weight excluding hydrogens is 396 g/mol. The fourth-order valence-electron chi connectivity index (χ4n) is 3.55. The molecule has 160 valence electrons. The van der Waals surface area contributed by atoms with Gasteiger partial charge in [0.15, 0.2) is 0 Å². The number of nitrogens with one attached hydrogen (secondary N) is 1. The molecule has 0 aliphatic carbocycles. The molecule has 1 aliphatic heterocycles. The zero-order valence-electron chi connectivity index (χ0n) is 17.0. The number of carbonyl (C=O) groups excluding carboxylic acids is 3. The van der Waals surface area contributed by atoms with Crippen molar-refractivity contribution in [2.45, 2.75) is 38.0 Å². The third-order valence-electron chi connectivity index (χ3n) is 5.15. The van der Waals surface area contributed by atoms with Crippen LogP contribution in [0.4, 0.5) is 4.79 Å². The van der Waals surface area contributed by atoms with Crippen LogP contribution in [-0.4, -0.2) is 41.4 Å². The van der Waals surface area contributed by atoms with E-state index in [9.17, 15) is 14.4 Å². The summed E-state index contributed by atoms with van der Waals surface area (Å²) in [4.78, 5) is 38.7. The van der Waals surface area contributed by atoms with Crippen molar-refractivity contribution in [3.8, 4) is 6.07 Å². The molecule has 0 unspecified atom stereocenters. The molecule has 1 saturated heterocycles. The molecule has 1 fully saturated rings. The molecule has 1 heterocycles. The Morgan fingerprint density at radius 3 is 2.61 bits per heavy atom. The number of benzene rings is 2. The summed E-state index contributed by atoms with van der Waals surface area (Å²) in [7, 11) is 0. The maximum atomic E-state index is 12.8. The number of hydrogen-bond acceptors (Lipinski definition) is 5. The van der Waals surface area contributed by atoms with Crippen LogP contribution in [0.15, 0.2) is 54.6 Å². The number of nitriles is 1. The average molecular weight is 420 g/mol. The van der Waals surface area contributed by atoms with Gasteiger partial charge < -0.3 is 15.8 Å². The molecule has 8 nitrogen and oxygen atoms in total. The topological polar surface area (TPSA) is 126 Å². The van der Waals surface area contributed by atoms with E-state index in [-0.39, 0.29) is 13.0 Å². The molecule has 2 aromatic carbocycles. The number of nitrogens with two attached hydrogens (primary N) is 1. The molecule has 0 bridgehead atoms. The molecule has 0 aromatic heterocycles. The van der Waals surface area contributed by atoms with Gasteiger partial charge in [0.1, 0.15) is 18.7 Å². The van der Waals surface area contributed by atoms with Gasteiger partial charge in [-0.05, 0) is 36.1 Å². The van der Waals surface area contributed by atoms with Crippen LogP contribution in [0.25, 0.3) is 0 Å². The van der Waals surface area contributed by atoms with E-state index in [1.807, 2.05) is 36.4 Å². The average Bonchev–Trinajstić information content (AvgIpc) is 3.28. The molecule has 0 radical (unpaired) electrons. The largest absolute Gasteiger partial charge is 0.445 e. The maximum Gasteiger partial charge on any atom is 0.410 e. The molecule has 3 N–H and O–H groups in total. The van der Waals surface area contributed by atoms with E-state index in [1.54, 1.807) is 24.3 Å². The predicted octanol–water partition coefficient (Wildman–Crippen LogP) is 1.87. The lowest BCUT2D eigenvalue weighted by Crippen LogP contribution is -2.53. The SMILES string of the molecule is N#Cc1cccc(C[C@@H](NC(=O)[C@H]2CCCN2C(=O)OCc2ccccc2)C(N)=O)c1. The summed E-state index contributed by atoms with van der Waals surface area (Å²) in [6.45, 7) is 0.515. The van der Waals surface area contributed by atoms with Crippen molar-refractivity contribution < 1.29 is 19.1 Å². The highest BCUT2D eigenvalue weighted by Gasteiger charge is 2.36. The minimum absolute atomic E-state index is 0.115. The molecule has 8 heteroatoms. The quantitative estimate of drug-likeness (QED) is 0.707. The number of amides is 3. The number of hydrogen-bond donors (Lipinski definition) is 2. The molecule has 2 aromatic rings. The lowest BCUT2D eigenvalue weighted by Gasteiger charge is -2.25. The third kappa shape index (κ3) is 5.82. The monoisotopic (exact) mass is 420 g/mol. The van der Waals surface area contributed by atoms with Crippen LogP contribution < -0.4 is 11.1 Å². The Hall–Kier alpha value is -3.86. The summed E-state index contributed by atoms with van der Waals surface area (Å²) in [5.74, 6) is -1.14. The Bertz CT molecular complexity index is 987. The van der Waals surface area contributed by atoms with Crippen molar-refractivity contribution in [1.29, 1.82) is 5.26 Å². The minimum atomic E-state index is -0.954. The maximum absolute atomic E-state index is 12.8. The van der Waals surface area contributed by atoms with Gasteiger partial charge in [-0.2, -0.15) is 5.26 Å². The molecule has 3 rings (SSSR count). The van der Waals surface area contributed by atoms with Gasteiger partial charge >= 0.3 is 6.09 Å². The number of primary amides is 1. The standard InChI is InChI=1S/C23H24N4O4/c24-14-18-9-4-8-17(12-18)13-19(21(25)28)26-22(29)20-10-5-11-27(20)23(30)31-15-16-6-2-1-3-7-16/h1-4,6-9,12,19-20H,5,10-11,13,15H2,(H2,25,28)(H,26,29)/t19-,20-/m1/s1. The zero-order chi connectivity index (χ0) is 22.2. The molecule has 1 aliphatic rings. The number of rotatable bonds is 7. The van der Waals surface area contributed by atoms with E-state index in [1.165, 1.54) is 4.90 Å². The molecule has 31 heavy (non-hydrogen) atoms. The highest BCUT2D eigenvalue weighted by molar-refractivity contribution is 5.91. The van der Waals surface area contributed by atoms with Crippen LogP contribution in [0.1, 0.15) is 29.5 Å². The second kappa shape index (κ2) is 10.3. The van der Waals surface area contributed by atoms with E-state index in [0.717, 1.165) is 5.56 Å². The Kier molecular flexibility index (Phi) is 7.22. The Morgan fingerprint density at radius 2 is 1.90 bits per heavy atom. The molecule has 0 saturated carbocycles. The Balaban J connectivity index is 1.61. The highest BCUT2D eigenvalue weighted by atomic mass is 16.6. The second-order valence-corrected chi connectivity index (χ2v) is 7.37. The normalized spacial score (nSPS) is 16.2. The number of likely N-dealkylation sites (tertiary alicyclic amines) is 1. The van der Waals surface area contributed by atoms with Gasteiger partial charge in [0.05, 0.1) is 11.6 Å². The molecule has 3 amide bonds. The van der Waals surface area contributed by atoms with Crippen molar-refractivity contribution in [2.75, 3.05) is 6.54 Å². The summed E-state index contributed by atoms with van der Waals surface area (Å²) in [6.07, 6.45) is 0.715. The summed E-state index contributed by atoms with van der Waals surface area (Å²) in [5.41, 5.74) is 7.49. The number of nitrogens with zero attached hydrogens (tertiary/aromatic N) is 2. The summed E-state index contributed by atoms with van der Waals surface area (Å²) < 4.78 is 5.35. The van der Waals surface area contributed by atoms with Crippen molar-refractivity contribution >= 4 is 17.9 Å². The van der Waals surface area contributed by atoms with Crippen molar-refractivity contribution in [2.24, 2.45) is 5.73 Å². The van der Waals surface area contributed by atoms with E-state index in [0.29, 0.717) is 30.5 Å². The minimum Gasteiger partial charge on any atom is -0.445 e. The fourth-order valence-corrected chi connectivity index (χ4v) is 3.55. The molecular formula is C23H24N4O4. The highest BCUT2D eigenvalue weighted by Crippen LogP contribution is 2.19. The van der Waals surface area contributed by atoms with Crippen molar-refractivity contribution in [3.63, 3.8) is 0 Å². The van der Waals surface area contributed by atoms with E-state index < -0.39 is 30.0 Å². The fraction of sp³-hybridized carbons (Fsp3) is 0.304. The van der Waals surface area contributed by atoms with Crippen LogP contribution in [0.3, 0.4) is 0 Å². The van der Waals surface area contributed by atoms with Crippen LogP contribution in [0, 0.1) is 11.3 Å². The Morgan fingerprint density at radius 1 is 1.16 bits per heavy atom. The first-order valence-corrected chi connectivity index (χ1v) is 10.0. The van der Waals surface area contributed by atoms with Gasteiger partial charge in [0, 0.05) is 13.0 Å². The van der Waals surface area contributed by atoms with Crippen LogP contribution in [-0.2, 0) is 27.4 Å². The van der Waals surface area contributed by atoms with Gasteiger partial charge in [0.2, 0.25) is 11.8 Å². The molecule has 2 atom stereocenters. The van der Waals surface area contributed by atoms with Crippen molar-refractivity contribution in [1.82, 2.24) is 10.2 Å². The van der Waals surface area contributed by atoms with Gasteiger partial charge in [-0.25, -0.2) is 4.79 Å². The van der Waals surface area contributed by atoms with E-state index >= 15 is 0 Å². The smallest absolute Gasteiger partial charge is 0.410 e. The van der Waals surface area contributed by atoms with Crippen LogP contribution >= 0.6 is 0 Å². The van der Waals surface area contributed by atoms with Crippen LogP contribution in [0.5, 0.6) is 0 Å². The lowest BCUT2D eigenvalue weighted by molar-refractivity contribution is -0.130. The van der Waals surface area contributed by atoms with E-state index in [4.69, 9.17) is 15.7 Å². The van der Waals surface area contributed by atoms with E-state index in [2.05, 4.69) is 5.32 Å². The van der Waals surface area contributed by atoms with Gasteiger partial charge in [0.25, 0.3) is 0 Å². The number of carbonyl (C=O) groups is 3. The molecule has 0 spiro atoms. The summed E-state index contributed by atoms with van der Waals surface area (Å²) >= 11 is 0.